The van der Waals surface area contributed by atoms with E-state index in [4.69, 9.17) is 9.97 Å². The fraction of sp³-hybridized carbons (Fsp3) is 0.227. The fourth-order valence-corrected chi connectivity index (χ4v) is 4.52. The number of halogens is 1. The number of nitrogens with zero attached hydrogens (tertiary/aromatic N) is 3. The number of nitrogens with one attached hydrogen (secondary N) is 3. The molecule has 3 N–H and O–H groups in total. The quantitative estimate of drug-likeness (QED) is 0.434. The van der Waals surface area contributed by atoms with Crippen LogP contribution in [0, 0.1) is 12.7 Å². The number of anilines is 3. The molecule has 0 spiro atoms. The van der Waals surface area contributed by atoms with E-state index >= 15 is 0 Å². The average molecular weight is 421 g/mol. The predicted molar refractivity (Wildman–Crippen MR) is 120 cm³/mol. The van der Waals surface area contributed by atoms with Crippen molar-refractivity contribution in [3.05, 3.63) is 59.5 Å². The molecule has 152 valence electrons. The molecule has 3 aromatic heterocycles. The van der Waals surface area contributed by atoms with E-state index in [1.807, 2.05) is 17.5 Å². The molecule has 30 heavy (non-hydrogen) atoms. The van der Waals surface area contributed by atoms with E-state index in [1.165, 1.54) is 11.8 Å². The third kappa shape index (κ3) is 3.71. The second-order valence-electron chi connectivity index (χ2n) is 7.41. The Kier molecular flexibility index (Phi) is 5.02. The largest absolute Gasteiger partial charge is 0.365 e. The van der Waals surface area contributed by atoms with Gasteiger partial charge in [-0.1, -0.05) is 12.1 Å². The Balaban J connectivity index is 1.62. The van der Waals surface area contributed by atoms with Crippen molar-refractivity contribution >= 4 is 38.7 Å². The van der Waals surface area contributed by atoms with Gasteiger partial charge in [0.15, 0.2) is 11.6 Å². The number of fused-ring (bicyclic) bond motifs is 1. The molecule has 5 rings (SSSR count). The molecular weight excluding hydrogens is 399 g/mol. The smallest absolute Gasteiger partial charge is 0.165 e. The zero-order valence-corrected chi connectivity index (χ0v) is 17.3. The van der Waals surface area contributed by atoms with Crippen LogP contribution in [-0.4, -0.2) is 34.1 Å². The first kappa shape index (κ1) is 18.9. The highest BCUT2D eigenvalue weighted by Crippen LogP contribution is 2.37. The van der Waals surface area contributed by atoms with Crippen LogP contribution in [0.4, 0.5) is 21.6 Å². The highest BCUT2D eigenvalue weighted by atomic mass is 32.1. The number of aryl methyl sites for hydroxylation is 1. The van der Waals surface area contributed by atoms with Gasteiger partial charge in [-0.2, -0.15) is 0 Å². The number of benzene rings is 1. The van der Waals surface area contributed by atoms with Gasteiger partial charge in [0.25, 0.3) is 0 Å². The predicted octanol–water partition coefficient (Wildman–Crippen LogP) is 4.72. The number of aromatic nitrogens is 3. The molecule has 1 fully saturated rings. The molecule has 0 radical (unpaired) electrons. The van der Waals surface area contributed by atoms with E-state index in [2.05, 4.69) is 40.0 Å². The first-order valence-corrected chi connectivity index (χ1v) is 10.8. The van der Waals surface area contributed by atoms with Crippen LogP contribution in [-0.2, 0) is 0 Å². The Bertz CT molecular complexity index is 1200. The second kappa shape index (κ2) is 7.97. The Hall–Kier alpha value is -3.10. The highest BCUT2D eigenvalue weighted by Gasteiger charge is 2.20. The Morgan fingerprint density at radius 2 is 2.17 bits per heavy atom. The van der Waals surface area contributed by atoms with Crippen molar-refractivity contribution in [2.24, 2.45) is 0 Å². The Labute approximate surface area is 177 Å². The second-order valence-corrected chi connectivity index (χ2v) is 8.29. The van der Waals surface area contributed by atoms with Crippen LogP contribution in [0.1, 0.15) is 12.0 Å². The molecule has 6 nitrogen and oxygen atoms in total. The van der Waals surface area contributed by atoms with Crippen LogP contribution < -0.4 is 16.0 Å². The summed E-state index contributed by atoms with van der Waals surface area (Å²) < 4.78 is 15.4. The Morgan fingerprint density at radius 1 is 1.23 bits per heavy atom. The van der Waals surface area contributed by atoms with Crippen LogP contribution in [0.3, 0.4) is 0 Å². The maximum absolute atomic E-state index is 14.4. The molecule has 1 atom stereocenters. The van der Waals surface area contributed by atoms with Crippen LogP contribution >= 0.6 is 11.3 Å². The SMILES string of the molecule is Cc1cccc(Nc2csc3c(N[C@@H]4CCNC4)nc(-c4ccncc4F)nc23)c1. The minimum absolute atomic E-state index is 0.286. The van der Waals surface area contributed by atoms with E-state index in [-0.39, 0.29) is 6.04 Å². The van der Waals surface area contributed by atoms with Gasteiger partial charge in [0.2, 0.25) is 0 Å². The summed E-state index contributed by atoms with van der Waals surface area (Å²) in [5.41, 5.74) is 4.15. The van der Waals surface area contributed by atoms with E-state index in [0.29, 0.717) is 11.4 Å². The van der Waals surface area contributed by atoms with Crippen molar-refractivity contribution in [3.8, 4) is 11.4 Å². The zero-order valence-electron chi connectivity index (χ0n) is 16.4. The molecule has 0 bridgehead atoms. The third-order valence-electron chi connectivity index (χ3n) is 5.13. The van der Waals surface area contributed by atoms with Gasteiger partial charge in [0.05, 0.1) is 22.1 Å². The van der Waals surface area contributed by atoms with Crippen LogP contribution in [0.2, 0.25) is 0 Å². The van der Waals surface area contributed by atoms with Crippen LogP contribution in [0.15, 0.2) is 48.1 Å². The molecule has 0 amide bonds. The average Bonchev–Trinajstić information content (AvgIpc) is 3.39. The number of hydrogen-bond donors (Lipinski definition) is 3. The van der Waals surface area contributed by atoms with Crippen molar-refractivity contribution in [2.75, 3.05) is 23.7 Å². The van der Waals surface area contributed by atoms with Gasteiger partial charge in [0.1, 0.15) is 11.3 Å². The fourth-order valence-electron chi connectivity index (χ4n) is 3.63. The minimum atomic E-state index is -0.436. The molecule has 1 aliphatic rings. The summed E-state index contributed by atoms with van der Waals surface area (Å²) in [5.74, 6) is 0.650. The number of rotatable bonds is 5. The molecule has 1 saturated heterocycles. The third-order valence-corrected chi connectivity index (χ3v) is 6.10. The molecule has 1 aromatic carbocycles. The highest BCUT2D eigenvalue weighted by molar-refractivity contribution is 7.18. The lowest BCUT2D eigenvalue weighted by Gasteiger charge is -2.14. The minimum Gasteiger partial charge on any atom is -0.365 e. The first-order chi connectivity index (χ1) is 14.7. The van der Waals surface area contributed by atoms with Gasteiger partial charge in [-0.3, -0.25) is 4.98 Å². The molecule has 1 aliphatic heterocycles. The standard InChI is InChI=1S/C22H21FN6S/c1-13-3-2-4-14(9-13)26-18-12-30-20-19(18)28-21(16-6-8-25-11-17(16)23)29-22(20)27-15-5-7-24-10-15/h2-4,6,8-9,11-12,15,24,26H,5,7,10H2,1H3,(H,27,28,29)/t15-/m1/s1. The molecule has 8 heteroatoms. The lowest BCUT2D eigenvalue weighted by Crippen LogP contribution is -2.23. The van der Waals surface area contributed by atoms with Crippen LogP contribution in [0.5, 0.6) is 0 Å². The normalized spacial score (nSPS) is 16.1. The topological polar surface area (TPSA) is 74.8 Å². The van der Waals surface area contributed by atoms with Crippen LogP contribution in [0.25, 0.3) is 21.6 Å². The molecule has 0 aliphatic carbocycles. The maximum atomic E-state index is 14.4. The van der Waals surface area contributed by atoms with Gasteiger partial charge in [-0.15, -0.1) is 11.3 Å². The number of hydrogen-bond acceptors (Lipinski definition) is 7. The summed E-state index contributed by atoms with van der Waals surface area (Å²) in [7, 11) is 0. The van der Waals surface area contributed by atoms with E-state index in [9.17, 15) is 4.39 Å². The van der Waals surface area contributed by atoms with Crippen molar-refractivity contribution in [2.45, 2.75) is 19.4 Å². The molecule has 0 unspecified atom stereocenters. The molecular formula is C22H21FN6S. The number of thiophene rings is 1. The first-order valence-electron chi connectivity index (χ1n) is 9.87. The summed E-state index contributed by atoms with van der Waals surface area (Å²) in [6.45, 7) is 3.91. The summed E-state index contributed by atoms with van der Waals surface area (Å²) in [4.78, 5) is 13.3. The monoisotopic (exact) mass is 420 g/mol. The van der Waals surface area contributed by atoms with Gasteiger partial charge < -0.3 is 16.0 Å². The number of pyridine rings is 1. The molecule has 4 heterocycles. The lowest BCUT2D eigenvalue weighted by molar-refractivity contribution is 0.623. The van der Waals surface area contributed by atoms with Gasteiger partial charge in [-0.25, -0.2) is 14.4 Å². The summed E-state index contributed by atoms with van der Waals surface area (Å²) in [6.07, 6.45) is 3.76. The van der Waals surface area contributed by atoms with Gasteiger partial charge in [0, 0.05) is 29.9 Å². The summed E-state index contributed by atoms with van der Waals surface area (Å²) >= 11 is 1.58. The van der Waals surface area contributed by atoms with E-state index < -0.39 is 5.82 Å². The lowest BCUT2D eigenvalue weighted by atomic mass is 10.2. The summed E-state index contributed by atoms with van der Waals surface area (Å²) in [5, 5.41) is 12.4. The maximum Gasteiger partial charge on any atom is 0.165 e. The van der Waals surface area contributed by atoms with E-state index in [0.717, 1.165) is 46.9 Å². The molecule has 4 aromatic rings. The summed E-state index contributed by atoms with van der Waals surface area (Å²) in [6, 6.07) is 10.1. The van der Waals surface area contributed by atoms with Crippen molar-refractivity contribution in [1.29, 1.82) is 0 Å². The van der Waals surface area contributed by atoms with Crippen molar-refractivity contribution in [1.82, 2.24) is 20.3 Å². The zero-order chi connectivity index (χ0) is 20.5. The Morgan fingerprint density at radius 3 is 2.97 bits per heavy atom. The van der Waals surface area contributed by atoms with E-state index in [1.54, 1.807) is 23.6 Å². The van der Waals surface area contributed by atoms with Crippen molar-refractivity contribution < 1.29 is 4.39 Å². The molecule has 0 saturated carbocycles. The van der Waals surface area contributed by atoms with Gasteiger partial charge in [-0.05, 0) is 43.7 Å². The van der Waals surface area contributed by atoms with Gasteiger partial charge >= 0.3 is 0 Å². The van der Waals surface area contributed by atoms with Crippen molar-refractivity contribution in [3.63, 3.8) is 0 Å².